The van der Waals surface area contributed by atoms with E-state index in [2.05, 4.69) is 10.6 Å². The topological polar surface area (TPSA) is 61.4 Å². The van der Waals surface area contributed by atoms with Crippen LogP contribution in [-0.4, -0.2) is 22.7 Å². The number of aliphatic hydroxyl groups is 1. The summed E-state index contributed by atoms with van der Waals surface area (Å²) in [5, 5.41) is 16.1. The van der Waals surface area contributed by atoms with E-state index in [1.54, 1.807) is 6.07 Å². The SMILES string of the molecule is CC(C)Nc1ccc(F)cc1NC(=O)CC1(O)CCCC1. The molecule has 1 aromatic rings. The van der Waals surface area contributed by atoms with Crippen molar-refractivity contribution in [3.8, 4) is 0 Å². The van der Waals surface area contributed by atoms with E-state index in [-0.39, 0.29) is 18.4 Å². The third-order valence-electron chi connectivity index (χ3n) is 3.72. The van der Waals surface area contributed by atoms with Gasteiger partial charge >= 0.3 is 0 Å². The number of rotatable bonds is 5. The van der Waals surface area contributed by atoms with Crippen LogP contribution in [0.3, 0.4) is 0 Å². The minimum Gasteiger partial charge on any atom is -0.389 e. The van der Waals surface area contributed by atoms with Crippen LogP contribution in [0.2, 0.25) is 0 Å². The molecule has 0 spiro atoms. The maximum Gasteiger partial charge on any atom is 0.227 e. The normalized spacial score (nSPS) is 17.0. The van der Waals surface area contributed by atoms with Crippen molar-refractivity contribution in [1.82, 2.24) is 0 Å². The number of carbonyl (C=O) groups is 1. The third-order valence-corrected chi connectivity index (χ3v) is 3.72. The van der Waals surface area contributed by atoms with E-state index in [9.17, 15) is 14.3 Å². The highest BCUT2D eigenvalue weighted by atomic mass is 19.1. The van der Waals surface area contributed by atoms with Crippen LogP contribution in [0.5, 0.6) is 0 Å². The molecule has 4 nitrogen and oxygen atoms in total. The number of hydrogen-bond donors (Lipinski definition) is 3. The minimum absolute atomic E-state index is 0.0602. The van der Waals surface area contributed by atoms with E-state index in [0.29, 0.717) is 24.2 Å². The second kappa shape index (κ2) is 6.43. The van der Waals surface area contributed by atoms with E-state index >= 15 is 0 Å². The molecule has 1 aromatic carbocycles. The van der Waals surface area contributed by atoms with Crippen LogP contribution in [-0.2, 0) is 4.79 Å². The largest absolute Gasteiger partial charge is 0.389 e. The second-order valence-corrected chi connectivity index (χ2v) is 6.15. The molecule has 0 radical (unpaired) electrons. The van der Waals surface area contributed by atoms with E-state index in [1.165, 1.54) is 12.1 Å². The molecule has 3 N–H and O–H groups in total. The molecule has 0 aromatic heterocycles. The molecule has 5 heteroatoms. The van der Waals surface area contributed by atoms with Crippen LogP contribution in [0.15, 0.2) is 18.2 Å². The maximum absolute atomic E-state index is 13.4. The molecule has 1 aliphatic carbocycles. The zero-order valence-electron chi connectivity index (χ0n) is 12.6. The highest BCUT2D eigenvalue weighted by molar-refractivity contribution is 5.94. The highest BCUT2D eigenvalue weighted by Crippen LogP contribution is 2.33. The number of carbonyl (C=O) groups excluding carboxylic acids is 1. The average molecular weight is 294 g/mol. The summed E-state index contributed by atoms with van der Waals surface area (Å²) < 4.78 is 13.4. The second-order valence-electron chi connectivity index (χ2n) is 6.15. The molecule has 1 amide bonds. The van der Waals surface area contributed by atoms with E-state index < -0.39 is 11.4 Å². The van der Waals surface area contributed by atoms with Crippen LogP contribution in [0.25, 0.3) is 0 Å². The van der Waals surface area contributed by atoms with E-state index in [0.717, 1.165) is 12.8 Å². The van der Waals surface area contributed by atoms with Crippen LogP contribution in [0.4, 0.5) is 15.8 Å². The lowest BCUT2D eigenvalue weighted by atomic mass is 9.97. The third kappa shape index (κ3) is 4.43. The Morgan fingerprint density at radius 3 is 2.62 bits per heavy atom. The zero-order valence-corrected chi connectivity index (χ0v) is 12.6. The van der Waals surface area contributed by atoms with E-state index in [1.807, 2.05) is 13.8 Å². The lowest BCUT2D eigenvalue weighted by Crippen LogP contribution is -2.31. The first kappa shape index (κ1) is 15.8. The average Bonchev–Trinajstić information content (AvgIpc) is 2.78. The van der Waals surface area contributed by atoms with Gasteiger partial charge in [0.05, 0.1) is 23.4 Å². The van der Waals surface area contributed by atoms with Crippen LogP contribution in [0.1, 0.15) is 46.0 Å². The first-order valence-corrected chi connectivity index (χ1v) is 7.46. The van der Waals surface area contributed by atoms with Gasteiger partial charge in [0, 0.05) is 6.04 Å². The van der Waals surface area contributed by atoms with Gasteiger partial charge in [0.2, 0.25) is 5.91 Å². The molecule has 116 valence electrons. The fraction of sp³-hybridized carbons (Fsp3) is 0.562. The summed E-state index contributed by atoms with van der Waals surface area (Å²) in [6.45, 7) is 3.94. The first-order valence-electron chi connectivity index (χ1n) is 7.46. The van der Waals surface area contributed by atoms with Crippen molar-refractivity contribution in [2.24, 2.45) is 0 Å². The predicted octanol–water partition coefficient (Wildman–Crippen LogP) is 3.28. The predicted molar refractivity (Wildman–Crippen MR) is 81.8 cm³/mol. The summed E-state index contributed by atoms with van der Waals surface area (Å²) in [5.74, 6) is -0.684. The molecule has 0 heterocycles. The first-order chi connectivity index (χ1) is 9.88. The molecule has 0 unspecified atom stereocenters. The fourth-order valence-electron chi connectivity index (χ4n) is 2.76. The smallest absolute Gasteiger partial charge is 0.227 e. The van der Waals surface area contributed by atoms with E-state index in [4.69, 9.17) is 0 Å². The van der Waals surface area contributed by atoms with Gasteiger partial charge in [-0.05, 0) is 44.9 Å². The summed E-state index contributed by atoms with van der Waals surface area (Å²) in [7, 11) is 0. The van der Waals surface area contributed by atoms with Gasteiger partial charge in [0.25, 0.3) is 0 Å². The molecule has 2 rings (SSSR count). The van der Waals surface area contributed by atoms with Gasteiger partial charge in [-0.15, -0.1) is 0 Å². The standard InChI is InChI=1S/C16H23FN2O2/c1-11(2)18-13-6-5-12(17)9-14(13)19-15(20)10-16(21)7-3-4-8-16/h5-6,9,11,18,21H,3-4,7-8,10H2,1-2H3,(H,19,20). The quantitative estimate of drug-likeness (QED) is 0.781. The Bertz CT molecular complexity index is 511. The lowest BCUT2D eigenvalue weighted by Gasteiger charge is -2.22. The number of hydrogen-bond acceptors (Lipinski definition) is 3. The molecule has 0 bridgehead atoms. The number of benzene rings is 1. The molecular formula is C16H23FN2O2. The summed E-state index contributed by atoms with van der Waals surface area (Å²) >= 11 is 0. The van der Waals surface area contributed by atoms with Gasteiger partial charge in [0.15, 0.2) is 0 Å². The lowest BCUT2D eigenvalue weighted by molar-refractivity contribution is -0.120. The summed E-state index contributed by atoms with van der Waals surface area (Å²) in [6.07, 6.45) is 3.26. The molecule has 0 atom stereocenters. The Balaban J connectivity index is 2.07. The summed E-state index contributed by atoms with van der Waals surface area (Å²) in [4.78, 5) is 12.1. The van der Waals surface area contributed by atoms with Crippen LogP contribution >= 0.6 is 0 Å². The molecular weight excluding hydrogens is 271 g/mol. The Morgan fingerprint density at radius 1 is 1.33 bits per heavy atom. The molecule has 1 aliphatic rings. The van der Waals surface area contributed by atoms with Gasteiger partial charge in [-0.3, -0.25) is 4.79 Å². The Kier molecular flexibility index (Phi) is 4.83. The monoisotopic (exact) mass is 294 g/mol. The number of halogens is 1. The van der Waals surface area contributed by atoms with Crippen molar-refractivity contribution in [3.05, 3.63) is 24.0 Å². The Labute approximate surface area is 124 Å². The van der Waals surface area contributed by atoms with Gasteiger partial charge in [-0.1, -0.05) is 12.8 Å². The zero-order chi connectivity index (χ0) is 15.5. The molecule has 1 saturated carbocycles. The van der Waals surface area contributed by atoms with Gasteiger partial charge in [-0.2, -0.15) is 0 Å². The summed E-state index contributed by atoms with van der Waals surface area (Å²) in [6, 6.07) is 4.42. The molecule has 21 heavy (non-hydrogen) atoms. The fourth-order valence-corrected chi connectivity index (χ4v) is 2.76. The number of anilines is 2. The molecule has 0 saturated heterocycles. The highest BCUT2D eigenvalue weighted by Gasteiger charge is 2.33. The van der Waals surface area contributed by atoms with Crippen LogP contribution < -0.4 is 10.6 Å². The summed E-state index contributed by atoms with van der Waals surface area (Å²) in [5.41, 5.74) is 0.191. The maximum atomic E-state index is 13.4. The van der Waals surface area contributed by atoms with Crippen molar-refractivity contribution in [2.45, 2.75) is 57.6 Å². The minimum atomic E-state index is -0.900. The van der Waals surface area contributed by atoms with Gasteiger partial charge in [-0.25, -0.2) is 4.39 Å². The van der Waals surface area contributed by atoms with Crippen molar-refractivity contribution < 1.29 is 14.3 Å². The number of nitrogens with one attached hydrogen (secondary N) is 2. The molecule has 1 fully saturated rings. The molecule has 0 aliphatic heterocycles. The van der Waals surface area contributed by atoms with Crippen molar-refractivity contribution in [2.75, 3.05) is 10.6 Å². The van der Waals surface area contributed by atoms with Crippen molar-refractivity contribution in [3.63, 3.8) is 0 Å². The number of amides is 1. The van der Waals surface area contributed by atoms with Gasteiger partial charge in [0.1, 0.15) is 5.82 Å². The van der Waals surface area contributed by atoms with Crippen molar-refractivity contribution in [1.29, 1.82) is 0 Å². The van der Waals surface area contributed by atoms with Crippen molar-refractivity contribution >= 4 is 17.3 Å². The van der Waals surface area contributed by atoms with Crippen LogP contribution in [0, 0.1) is 5.82 Å². The Hall–Kier alpha value is -1.62. The Morgan fingerprint density at radius 2 is 2.00 bits per heavy atom. The van der Waals surface area contributed by atoms with Gasteiger partial charge < -0.3 is 15.7 Å².